The van der Waals surface area contributed by atoms with Crippen molar-refractivity contribution in [3.8, 4) is 0 Å². The molecule has 7 heteroatoms. The molecule has 1 fully saturated rings. The number of amides is 1. The Labute approximate surface area is 159 Å². The van der Waals surface area contributed by atoms with Crippen molar-refractivity contribution in [2.75, 3.05) is 4.72 Å². The molecule has 1 saturated carbocycles. The van der Waals surface area contributed by atoms with Crippen LogP contribution in [0.4, 0.5) is 10.1 Å². The number of sulfonamides is 1. The second-order valence-corrected chi connectivity index (χ2v) is 8.72. The molecule has 0 bridgehead atoms. The highest BCUT2D eigenvalue weighted by atomic mass is 32.2. The van der Waals surface area contributed by atoms with E-state index in [0.29, 0.717) is 11.5 Å². The Morgan fingerprint density at radius 2 is 1.63 bits per heavy atom. The lowest BCUT2D eigenvalue weighted by Crippen LogP contribution is -2.37. The van der Waals surface area contributed by atoms with E-state index in [-0.39, 0.29) is 22.5 Å². The van der Waals surface area contributed by atoms with E-state index in [1.54, 1.807) is 6.07 Å². The third kappa shape index (κ3) is 4.86. The van der Waals surface area contributed by atoms with Crippen LogP contribution in [0.25, 0.3) is 0 Å². The van der Waals surface area contributed by atoms with Gasteiger partial charge in [0.1, 0.15) is 5.82 Å². The molecule has 144 valence electrons. The first-order valence-corrected chi connectivity index (χ1v) is 10.5. The first-order chi connectivity index (χ1) is 12.8. The Hall–Kier alpha value is -2.41. The van der Waals surface area contributed by atoms with Gasteiger partial charge in [0, 0.05) is 11.6 Å². The van der Waals surface area contributed by atoms with Crippen molar-refractivity contribution in [2.24, 2.45) is 5.92 Å². The molecule has 27 heavy (non-hydrogen) atoms. The van der Waals surface area contributed by atoms with Crippen molar-refractivity contribution < 1.29 is 17.6 Å². The standard InChI is InChI=1S/C20H23FN2O3S/c1-14-6-10-16(11-7-14)22-20(24)15-8-12-17(13-9-15)27(25,26)23-19-5-3-2-4-18(19)21/h2-5,8-9,12-14,16,23H,6-7,10-11H2,1H3,(H,22,24). The summed E-state index contributed by atoms with van der Waals surface area (Å²) < 4.78 is 40.7. The van der Waals surface area contributed by atoms with Gasteiger partial charge in [-0.15, -0.1) is 0 Å². The van der Waals surface area contributed by atoms with Crippen molar-refractivity contribution in [1.29, 1.82) is 0 Å². The lowest BCUT2D eigenvalue weighted by molar-refractivity contribution is 0.0923. The van der Waals surface area contributed by atoms with Gasteiger partial charge in [-0.3, -0.25) is 9.52 Å². The van der Waals surface area contributed by atoms with Crippen molar-refractivity contribution in [1.82, 2.24) is 5.32 Å². The summed E-state index contributed by atoms with van der Waals surface area (Å²) in [6, 6.07) is 11.3. The Morgan fingerprint density at radius 1 is 1.00 bits per heavy atom. The zero-order valence-electron chi connectivity index (χ0n) is 15.1. The Kier molecular flexibility index (Phi) is 5.79. The largest absolute Gasteiger partial charge is 0.349 e. The van der Waals surface area contributed by atoms with Crippen LogP contribution in [0.1, 0.15) is 43.0 Å². The second kappa shape index (κ2) is 8.08. The van der Waals surface area contributed by atoms with Gasteiger partial charge < -0.3 is 5.32 Å². The summed E-state index contributed by atoms with van der Waals surface area (Å²) in [5.74, 6) is -0.163. The minimum atomic E-state index is -3.93. The van der Waals surface area contributed by atoms with Gasteiger partial charge in [0.05, 0.1) is 10.6 Å². The molecule has 1 aliphatic carbocycles. The molecule has 0 spiro atoms. The van der Waals surface area contributed by atoms with Crippen LogP contribution < -0.4 is 10.0 Å². The molecule has 0 atom stereocenters. The average Bonchev–Trinajstić information content (AvgIpc) is 2.65. The molecule has 2 N–H and O–H groups in total. The maximum Gasteiger partial charge on any atom is 0.261 e. The highest BCUT2D eigenvalue weighted by Gasteiger charge is 2.21. The highest BCUT2D eigenvalue weighted by Crippen LogP contribution is 2.24. The summed E-state index contributed by atoms with van der Waals surface area (Å²) in [6.07, 6.45) is 4.13. The Balaban J connectivity index is 1.67. The molecule has 2 aromatic rings. The van der Waals surface area contributed by atoms with Gasteiger partial charge in [-0.2, -0.15) is 0 Å². The van der Waals surface area contributed by atoms with Crippen molar-refractivity contribution in [2.45, 2.75) is 43.5 Å². The van der Waals surface area contributed by atoms with E-state index in [2.05, 4.69) is 17.0 Å². The van der Waals surface area contributed by atoms with E-state index in [4.69, 9.17) is 0 Å². The number of rotatable bonds is 5. The van der Waals surface area contributed by atoms with Gasteiger partial charge in [-0.1, -0.05) is 19.1 Å². The smallest absolute Gasteiger partial charge is 0.261 e. The van der Waals surface area contributed by atoms with Gasteiger partial charge in [-0.05, 0) is 68.0 Å². The third-order valence-corrected chi connectivity index (χ3v) is 6.28. The van der Waals surface area contributed by atoms with Gasteiger partial charge in [0.25, 0.3) is 15.9 Å². The molecular weight excluding hydrogens is 367 g/mol. The summed E-state index contributed by atoms with van der Waals surface area (Å²) >= 11 is 0. The number of benzene rings is 2. The van der Waals surface area contributed by atoms with Crippen LogP contribution in [-0.2, 0) is 10.0 Å². The molecule has 2 aromatic carbocycles. The predicted molar refractivity (Wildman–Crippen MR) is 103 cm³/mol. The number of hydrogen-bond acceptors (Lipinski definition) is 3. The molecule has 0 saturated heterocycles. The van der Waals surface area contributed by atoms with Crippen LogP contribution in [0.2, 0.25) is 0 Å². The molecular formula is C20H23FN2O3S. The zero-order chi connectivity index (χ0) is 19.4. The zero-order valence-corrected chi connectivity index (χ0v) is 15.9. The van der Waals surface area contributed by atoms with E-state index >= 15 is 0 Å². The van der Waals surface area contributed by atoms with E-state index < -0.39 is 15.8 Å². The quantitative estimate of drug-likeness (QED) is 0.812. The first-order valence-electron chi connectivity index (χ1n) is 9.03. The maximum atomic E-state index is 13.7. The number of carbonyl (C=O) groups excluding carboxylic acids is 1. The summed E-state index contributed by atoms with van der Waals surface area (Å²) in [4.78, 5) is 12.3. The van der Waals surface area contributed by atoms with Crippen LogP contribution in [0.15, 0.2) is 53.4 Å². The summed E-state index contributed by atoms with van der Waals surface area (Å²) in [7, 11) is -3.93. The van der Waals surface area contributed by atoms with Crippen molar-refractivity contribution in [3.05, 3.63) is 59.9 Å². The van der Waals surface area contributed by atoms with E-state index in [1.807, 2.05) is 0 Å². The number of hydrogen-bond donors (Lipinski definition) is 2. The molecule has 0 aromatic heterocycles. The van der Waals surface area contributed by atoms with Gasteiger partial charge in [0.15, 0.2) is 0 Å². The lowest BCUT2D eigenvalue weighted by atomic mass is 9.87. The summed E-state index contributed by atoms with van der Waals surface area (Å²) in [5.41, 5.74) is 0.282. The molecule has 0 heterocycles. The van der Waals surface area contributed by atoms with Crippen molar-refractivity contribution >= 4 is 21.6 Å². The molecule has 3 rings (SSSR count). The number of para-hydroxylation sites is 1. The monoisotopic (exact) mass is 390 g/mol. The Bertz CT molecular complexity index is 905. The second-order valence-electron chi connectivity index (χ2n) is 7.04. The van der Waals surface area contributed by atoms with Gasteiger partial charge >= 0.3 is 0 Å². The molecule has 0 aliphatic heterocycles. The minimum absolute atomic E-state index is 0.0335. The lowest BCUT2D eigenvalue weighted by Gasteiger charge is -2.26. The SMILES string of the molecule is CC1CCC(NC(=O)c2ccc(S(=O)(=O)Nc3ccccc3F)cc2)CC1. The van der Waals surface area contributed by atoms with Crippen LogP contribution in [-0.4, -0.2) is 20.4 Å². The molecule has 1 amide bonds. The topological polar surface area (TPSA) is 75.3 Å². The first kappa shape index (κ1) is 19.4. The van der Waals surface area contributed by atoms with Crippen LogP contribution in [0.3, 0.4) is 0 Å². The van der Waals surface area contributed by atoms with Crippen LogP contribution in [0, 0.1) is 11.7 Å². The summed E-state index contributed by atoms with van der Waals surface area (Å²) in [6.45, 7) is 2.21. The molecule has 0 unspecified atom stereocenters. The van der Waals surface area contributed by atoms with E-state index in [1.165, 1.54) is 42.5 Å². The molecule has 5 nitrogen and oxygen atoms in total. The molecule has 1 aliphatic rings. The number of nitrogens with one attached hydrogen (secondary N) is 2. The van der Waals surface area contributed by atoms with Gasteiger partial charge in [0.2, 0.25) is 0 Å². The molecule has 0 radical (unpaired) electrons. The fraction of sp³-hybridized carbons (Fsp3) is 0.350. The Morgan fingerprint density at radius 3 is 2.26 bits per heavy atom. The normalized spacial score (nSPS) is 20.1. The fourth-order valence-corrected chi connectivity index (χ4v) is 4.27. The van der Waals surface area contributed by atoms with Crippen LogP contribution in [0.5, 0.6) is 0 Å². The minimum Gasteiger partial charge on any atom is -0.349 e. The summed E-state index contributed by atoms with van der Waals surface area (Å²) in [5, 5.41) is 3.01. The predicted octanol–water partition coefficient (Wildman–Crippen LogP) is 3.94. The van der Waals surface area contributed by atoms with E-state index in [9.17, 15) is 17.6 Å². The fourth-order valence-electron chi connectivity index (χ4n) is 3.21. The number of halogens is 1. The highest BCUT2D eigenvalue weighted by molar-refractivity contribution is 7.92. The van der Waals surface area contributed by atoms with Crippen LogP contribution >= 0.6 is 0 Å². The van der Waals surface area contributed by atoms with Crippen molar-refractivity contribution in [3.63, 3.8) is 0 Å². The average molecular weight is 390 g/mol. The number of carbonyl (C=O) groups is 1. The van der Waals surface area contributed by atoms with Gasteiger partial charge in [-0.25, -0.2) is 12.8 Å². The number of anilines is 1. The third-order valence-electron chi connectivity index (χ3n) is 4.90. The maximum absolute atomic E-state index is 13.7. The van der Waals surface area contributed by atoms with E-state index in [0.717, 1.165) is 25.7 Å².